The molecule has 0 aliphatic carbocycles. The van der Waals surface area contributed by atoms with E-state index in [9.17, 15) is 22.8 Å². The molecule has 1 saturated heterocycles. The van der Waals surface area contributed by atoms with Gasteiger partial charge in [0.1, 0.15) is 0 Å². The fourth-order valence-corrected chi connectivity index (χ4v) is 3.52. The first-order valence-electron chi connectivity index (χ1n) is 9.47. The van der Waals surface area contributed by atoms with Crippen molar-refractivity contribution < 1.29 is 22.8 Å². The lowest BCUT2D eigenvalue weighted by Gasteiger charge is -2.33. The molecule has 3 N–H and O–H groups in total. The highest BCUT2D eigenvalue weighted by molar-refractivity contribution is 5.83. The van der Waals surface area contributed by atoms with Crippen LogP contribution in [0, 0.1) is 0 Å². The van der Waals surface area contributed by atoms with Gasteiger partial charge in [0.15, 0.2) is 0 Å². The van der Waals surface area contributed by atoms with E-state index in [1.54, 1.807) is 4.90 Å². The molecule has 1 atom stereocenters. The molecule has 2 amide bonds. The lowest BCUT2D eigenvalue weighted by Crippen LogP contribution is -2.44. The predicted molar refractivity (Wildman–Crippen MR) is 104 cm³/mol. The molecule has 0 radical (unpaired) electrons. The van der Waals surface area contributed by atoms with Gasteiger partial charge in [0.25, 0.3) is 0 Å². The average molecular weight is 421 g/mol. The number of piperidine rings is 1. The zero-order valence-corrected chi connectivity index (χ0v) is 16.4. The van der Waals surface area contributed by atoms with Crippen LogP contribution in [0.2, 0.25) is 0 Å². The molecule has 2 heterocycles. The van der Waals surface area contributed by atoms with Crippen LogP contribution in [-0.2, 0) is 15.8 Å². The standard InChI is InChI=1S/C20H22F3N5O2/c1-12(29)25-10-17(30)28-8-2-3-14(11-28)18-16(9-26-19(24)27-18)13-4-6-15(7-5-13)20(21,22)23/h4-7,9,14H,2-3,8,10-11H2,1H3,(H,25,29)(H2,24,26,27)/t14-/m1/s1. The lowest BCUT2D eigenvalue weighted by atomic mass is 9.89. The first kappa shape index (κ1) is 21.5. The Morgan fingerprint density at radius 2 is 1.97 bits per heavy atom. The van der Waals surface area contributed by atoms with E-state index in [1.807, 2.05) is 0 Å². The summed E-state index contributed by atoms with van der Waals surface area (Å²) in [4.78, 5) is 33.4. The van der Waals surface area contributed by atoms with Crippen LogP contribution in [0.4, 0.5) is 19.1 Å². The fourth-order valence-electron chi connectivity index (χ4n) is 3.52. The molecule has 2 aromatic rings. The number of carbonyl (C=O) groups is 2. The molecule has 3 rings (SSSR count). The van der Waals surface area contributed by atoms with Crippen LogP contribution in [0.5, 0.6) is 0 Å². The minimum atomic E-state index is -4.42. The molecule has 30 heavy (non-hydrogen) atoms. The molecule has 1 aromatic carbocycles. The average Bonchev–Trinajstić information content (AvgIpc) is 2.71. The third-order valence-electron chi connectivity index (χ3n) is 5.01. The Labute approximate surface area is 171 Å². The molecule has 1 fully saturated rings. The van der Waals surface area contributed by atoms with Crippen molar-refractivity contribution in [3.8, 4) is 11.1 Å². The number of aromatic nitrogens is 2. The summed E-state index contributed by atoms with van der Waals surface area (Å²) < 4.78 is 38.6. The quantitative estimate of drug-likeness (QED) is 0.790. The fraction of sp³-hybridized carbons (Fsp3) is 0.400. The van der Waals surface area contributed by atoms with Crippen LogP contribution in [0.15, 0.2) is 30.5 Å². The highest BCUT2D eigenvalue weighted by atomic mass is 19.4. The maximum atomic E-state index is 12.9. The van der Waals surface area contributed by atoms with Crippen LogP contribution in [-0.4, -0.2) is 46.3 Å². The highest BCUT2D eigenvalue weighted by Crippen LogP contribution is 2.35. The van der Waals surface area contributed by atoms with Crippen molar-refractivity contribution in [3.05, 3.63) is 41.7 Å². The van der Waals surface area contributed by atoms with Gasteiger partial charge in [0.05, 0.1) is 17.8 Å². The maximum Gasteiger partial charge on any atom is 0.416 e. The number of hydrogen-bond donors (Lipinski definition) is 2. The van der Waals surface area contributed by atoms with Gasteiger partial charge >= 0.3 is 6.18 Å². The molecule has 1 aliphatic rings. The number of nitrogens with one attached hydrogen (secondary N) is 1. The number of nitrogens with two attached hydrogens (primary N) is 1. The smallest absolute Gasteiger partial charge is 0.368 e. The van der Waals surface area contributed by atoms with Crippen LogP contribution in [0.1, 0.15) is 36.9 Å². The van der Waals surface area contributed by atoms with Crippen molar-refractivity contribution in [2.75, 3.05) is 25.4 Å². The summed E-state index contributed by atoms with van der Waals surface area (Å²) in [5.74, 6) is -0.580. The first-order valence-corrected chi connectivity index (χ1v) is 9.47. The Hall–Kier alpha value is -3.17. The second-order valence-corrected chi connectivity index (χ2v) is 7.19. The Kier molecular flexibility index (Phi) is 6.23. The van der Waals surface area contributed by atoms with E-state index in [-0.39, 0.29) is 30.2 Å². The topological polar surface area (TPSA) is 101 Å². The Bertz CT molecular complexity index is 931. The number of anilines is 1. The van der Waals surface area contributed by atoms with Gasteiger partial charge in [-0.05, 0) is 30.5 Å². The van der Waals surface area contributed by atoms with Crippen molar-refractivity contribution in [2.45, 2.75) is 31.9 Å². The van der Waals surface area contributed by atoms with Crippen LogP contribution < -0.4 is 11.1 Å². The summed E-state index contributed by atoms with van der Waals surface area (Å²) in [7, 11) is 0. The molecule has 0 unspecified atom stereocenters. The zero-order chi connectivity index (χ0) is 21.9. The van der Waals surface area contributed by atoms with Gasteiger partial charge in [-0.25, -0.2) is 9.97 Å². The molecule has 7 nitrogen and oxygen atoms in total. The number of halogens is 3. The van der Waals surface area contributed by atoms with E-state index in [1.165, 1.54) is 25.3 Å². The molecular weight excluding hydrogens is 399 g/mol. The molecule has 1 aromatic heterocycles. The third-order valence-corrected chi connectivity index (χ3v) is 5.01. The van der Waals surface area contributed by atoms with Crippen LogP contribution in [0.3, 0.4) is 0 Å². The van der Waals surface area contributed by atoms with Gasteiger partial charge in [0.2, 0.25) is 17.8 Å². The molecule has 0 spiro atoms. The monoisotopic (exact) mass is 421 g/mol. The number of likely N-dealkylation sites (tertiary alicyclic amines) is 1. The predicted octanol–water partition coefficient (Wildman–Crippen LogP) is 2.59. The second kappa shape index (κ2) is 8.68. The molecule has 0 bridgehead atoms. The Morgan fingerprint density at radius 1 is 1.27 bits per heavy atom. The number of benzene rings is 1. The van der Waals surface area contributed by atoms with Gasteiger partial charge in [-0.15, -0.1) is 0 Å². The molecule has 10 heteroatoms. The summed E-state index contributed by atoms with van der Waals surface area (Å²) in [6.45, 7) is 2.19. The normalized spacial score (nSPS) is 16.9. The van der Waals surface area contributed by atoms with Gasteiger partial charge in [-0.3, -0.25) is 9.59 Å². The zero-order valence-electron chi connectivity index (χ0n) is 16.4. The minimum Gasteiger partial charge on any atom is -0.368 e. The van der Waals surface area contributed by atoms with E-state index in [0.29, 0.717) is 29.9 Å². The number of amides is 2. The lowest BCUT2D eigenvalue weighted by molar-refractivity contribution is -0.137. The van der Waals surface area contributed by atoms with Gasteiger partial charge in [0, 0.05) is 37.7 Å². The number of nitrogen functional groups attached to an aromatic ring is 1. The number of rotatable bonds is 4. The molecule has 160 valence electrons. The van der Waals surface area contributed by atoms with Crippen molar-refractivity contribution in [1.82, 2.24) is 20.2 Å². The number of hydrogen-bond acceptors (Lipinski definition) is 5. The molecule has 0 saturated carbocycles. The van der Waals surface area contributed by atoms with Gasteiger partial charge in [-0.1, -0.05) is 12.1 Å². The van der Waals surface area contributed by atoms with Gasteiger partial charge in [-0.2, -0.15) is 13.2 Å². The van der Waals surface area contributed by atoms with Crippen molar-refractivity contribution >= 4 is 17.8 Å². The van der Waals surface area contributed by atoms with Crippen LogP contribution >= 0.6 is 0 Å². The molecular formula is C20H22F3N5O2. The Morgan fingerprint density at radius 3 is 2.60 bits per heavy atom. The summed E-state index contributed by atoms with van der Waals surface area (Å²) in [5, 5.41) is 2.49. The van der Waals surface area contributed by atoms with E-state index < -0.39 is 11.7 Å². The van der Waals surface area contributed by atoms with Gasteiger partial charge < -0.3 is 16.0 Å². The first-order chi connectivity index (χ1) is 14.1. The summed E-state index contributed by atoms with van der Waals surface area (Å²) in [5.41, 5.74) is 6.75. The highest BCUT2D eigenvalue weighted by Gasteiger charge is 2.31. The number of carbonyl (C=O) groups excluding carboxylic acids is 2. The third kappa shape index (κ3) is 5.05. The number of alkyl halides is 3. The molecule has 1 aliphatic heterocycles. The SMILES string of the molecule is CC(=O)NCC(=O)N1CCC[C@@H](c2nc(N)ncc2-c2ccc(C(F)(F)F)cc2)C1. The van der Waals surface area contributed by atoms with E-state index in [0.717, 1.165) is 25.0 Å². The summed E-state index contributed by atoms with van der Waals surface area (Å²) in [6.07, 6.45) is -1.45. The number of nitrogens with zero attached hydrogens (tertiary/aromatic N) is 3. The van der Waals surface area contributed by atoms with Crippen molar-refractivity contribution in [1.29, 1.82) is 0 Å². The van der Waals surface area contributed by atoms with Crippen molar-refractivity contribution in [3.63, 3.8) is 0 Å². The minimum absolute atomic E-state index is 0.0577. The largest absolute Gasteiger partial charge is 0.416 e. The Balaban J connectivity index is 1.86. The summed E-state index contributed by atoms with van der Waals surface area (Å²) in [6, 6.07) is 4.78. The van der Waals surface area contributed by atoms with Crippen molar-refractivity contribution in [2.24, 2.45) is 0 Å². The van der Waals surface area contributed by atoms with E-state index in [4.69, 9.17) is 5.73 Å². The van der Waals surface area contributed by atoms with E-state index >= 15 is 0 Å². The van der Waals surface area contributed by atoms with E-state index in [2.05, 4.69) is 15.3 Å². The second-order valence-electron chi connectivity index (χ2n) is 7.19. The van der Waals surface area contributed by atoms with Crippen LogP contribution in [0.25, 0.3) is 11.1 Å². The maximum absolute atomic E-state index is 12.9. The summed E-state index contributed by atoms with van der Waals surface area (Å²) >= 11 is 0.